The summed E-state index contributed by atoms with van der Waals surface area (Å²) in [7, 11) is 1.77. The van der Waals surface area contributed by atoms with Crippen LogP contribution in [0.15, 0.2) is 0 Å². The average Bonchev–Trinajstić information content (AvgIpc) is 2.30. The zero-order chi connectivity index (χ0) is 9.68. The summed E-state index contributed by atoms with van der Waals surface area (Å²) in [5.41, 5.74) is 0. The van der Waals surface area contributed by atoms with E-state index in [-0.39, 0.29) is 0 Å². The van der Waals surface area contributed by atoms with E-state index in [1.165, 1.54) is 6.54 Å². The lowest BCUT2D eigenvalue weighted by atomic mass is 10.1. The molecular weight excluding hydrogens is 164 g/mol. The number of methoxy groups -OCH3 is 1. The first-order valence-corrected chi connectivity index (χ1v) is 5.17. The van der Waals surface area contributed by atoms with Crippen LogP contribution in [0.2, 0.25) is 0 Å². The molecule has 0 aromatic heterocycles. The van der Waals surface area contributed by atoms with Gasteiger partial charge in [0.2, 0.25) is 0 Å². The summed E-state index contributed by atoms with van der Waals surface area (Å²) in [5, 5.41) is 3.44. The third kappa shape index (κ3) is 3.63. The Labute approximate surface area is 81.4 Å². The van der Waals surface area contributed by atoms with E-state index >= 15 is 0 Å². The fourth-order valence-corrected chi connectivity index (χ4v) is 1.87. The van der Waals surface area contributed by atoms with Gasteiger partial charge in [0.1, 0.15) is 0 Å². The van der Waals surface area contributed by atoms with Gasteiger partial charge in [-0.3, -0.25) is 4.90 Å². The fraction of sp³-hybridized carbons (Fsp3) is 1.00. The molecule has 1 fully saturated rings. The predicted octanol–water partition coefficient (Wildman–Crippen LogP) is 0.563. The Balaban J connectivity index is 2.37. The van der Waals surface area contributed by atoms with Gasteiger partial charge in [0.25, 0.3) is 0 Å². The van der Waals surface area contributed by atoms with Crippen LogP contribution < -0.4 is 5.32 Å². The van der Waals surface area contributed by atoms with Crippen LogP contribution >= 0.6 is 0 Å². The third-order valence-electron chi connectivity index (χ3n) is 2.65. The van der Waals surface area contributed by atoms with Gasteiger partial charge in [0, 0.05) is 32.8 Å². The summed E-state index contributed by atoms with van der Waals surface area (Å²) in [6, 6.07) is 0.548. The molecule has 0 aromatic carbocycles. The third-order valence-corrected chi connectivity index (χ3v) is 2.65. The van der Waals surface area contributed by atoms with Crippen molar-refractivity contribution >= 4 is 0 Å². The van der Waals surface area contributed by atoms with Crippen molar-refractivity contribution in [3.05, 3.63) is 0 Å². The predicted molar refractivity (Wildman–Crippen MR) is 54.9 cm³/mol. The first-order chi connectivity index (χ1) is 6.24. The van der Waals surface area contributed by atoms with Gasteiger partial charge in [-0.15, -0.1) is 0 Å². The highest BCUT2D eigenvalue weighted by Crippen LogP contribution is 2.06. The Hall–Kier alpha value is -0.120. The summed E-state index contributed by atoms with van der Waals surface area (Å²) >= 11 is 0. The van der Waals surface area contributed by atoms with E-state index in [0.717, 1.165) is 32.2 Å². The minimum atomic E-state index is 0.548. The number of rotatable bonds is 3. The second-order valence-corrected chi connectivity index (χ2v) is 4.11. The minimum absolute atomic E-state index is 0.548. The summed E-state index contributed by atoms with van der Waals surface area (Å²) in [4.78, 5) is 2.51. The van der Waals surface area contributed by atoms with E-state index in [1.54, 1.807) is 7.11 Å². The van der Waals surface area contributed by atoms with Crippen LogP contribution in [0.25, 0.3) is 0 Å². The van der Waals surface area contributed by atoms with Gasteiger partial charge in [-0.05, 0) is 19.4 Å². The van der Waals surface area contributed by atoms with Crippen molar-refractivity contribution < 1.29 is 4.74 Å². The first kappa shape index (κ1) is 11.0. The lowest BCUT2D eigenvalue weighted by Crippen LogP contribution is -2.39. The second kappa shape index (κ2) is 5.58. The molecule has 1 N–H and O–H groups in total. The van der Waals surface area contributed by atoms with Crippen molar-refractivity contribution in [3.8, 4) is 0 Å². The maximum Gasteiger partial charge on any atom is 0.0615 e. The molecule has 1 rings (SSSR count). The SMILES string of the molecule is COCC(C)N1CCNCC(C)C1. The summed E-state index contributed by atoms with van der Waals surface area (Å²) in [5.74, 6) is 0.752. The molecule has 0 radical (unpaired) electrons. The summed E-state index contributed by atoms with van der Waals surface area (Å²) in [6.07, 6.45) is 0. The summed E-state index contributed by atoms with van der Waals surface area (Å²) < 4.78 is 5.17. The van der Waals surface area contributed by atoms with Crippen LogP contribution in [0.5, 0.6) is 0 Å². The Morgan fingerprint density at radius 2 is 2.38 bits per heavy atom. The Bertz CT molecular complexity index is 141. The Morgan fingerprint density at radius 1 is 1.62 bits per heavy atom. The lowest BCUT2D eigenvalue weighted by Gasteiger charge is -2.28. The standard InChI is InChI=1S/C10H22N2O/c1-9-6-11-4-5-12(7-9)10(2)8-13-3/h9-11H,4-8H2,1-3H3. The largest absolute Gasteiger partial charge is 0.383 e. The molecule has 3 heteroatoms. The van der Waals surface area contributed by atoms with Crippen LogP contribution in [0.1, 0.15) is 13.8 Å². The van der Waals surface area contributed by atoms with Crippen LogP contribution in [-0.4, -0.2) is 50.8 Å². The second-order valence-electron chi connectivity index (χ2n) is 4.11. The van der Waals surface area contributed by atoms with E-state index in [2.05, 4.69) is 24.1 Å². The summed E-state index contributed by atoms with van der Waals surface area (Å²) in [6.45, 7) is 9.97. The molecule has 1 aliphatic rings. The maximum absolute atomic E-state index is 5.17. The minimum Gasteiger partial charge on any atom is -0.383 e. The molecule has 0 bridgehead atoms. The number of nitrogens with zero attached hydrogens (tertiary/aromatic N) is 1. The van der Waals surface area contributed by atoms with Crippen LogP contribution in [0.3, 0.4) is 0 Å². The molecule has 2 atom stereocenters. The zero-order valence-corrected chi connectivity index (χ0v) is 9.05. The van der Waals surface area contributed by atoms with Gasteiger partial charge in [-0.25, -0.2) is 0 Å². The molecule has 3 nitrogen and oxygen atoms in total. The first-order valence-electron chi connectivity index (χ1n) is 5.17. The average molecular weight is 186 g/mol. The van der Waals surface area contributed by atoms with Gasteiger partial charge >= 0.3 is 0 Å². The highest BCUT2D eigenvalue weighted by Gasteiger charge is 2.18. The highest BCUT2D eigenvalue weighted by atomic mass is 16.5. The molecule has 78 valence electrons. The number of ether oxygens (including phenoxy) is 1. The van der Waals surface area contributed by atoms with Crippen molar-refractivity contribution in [2.45, 2.75) is 19.9 Å². The van der Waals surface area contributed by atoms with E-state index in [9.17, 15) is 0 Å². The number of nitrogens with one attached hydrogen (secondary N) is 1. The van der Waals surface area contributed by atoms with E-state index in [4.69, 9.17) is 4.74 Å². The molecule has 0 aromatic rings. The van der Waals surface area contributed by atoms with Gasteiger partial charge < -0.3 is 10.1 Å². The van der Waals surface area contributed by atoms with Crippen molar-refractivity contribution in [1.82, 2.24) is 10.2 Å². The van der Waals surface area contributed by atoms with Crippen molar-refractivity contribution in [2.75, 3.05) is 39.9 Å². The molecule has 0 spiro atoms. The van der Waals surface area contributed by atoms with Crippen LogP contribution in [-0.2, 0) is 4.74 Å². The van der Waals surface area contributed by atoms with Gasteiger partial charge in [-0.1, -0.05) is 6.92 Å². The van der Waals surface area contributed by atoms with E-state index in [1.807, 2.05) is 0 Å². The molecule has 0 saturated carbocycles. The monoisotopic (exact) mass is 186 g/mol. The Morgan fingerprint density at radius 3 is 3.08 bits per heavy atom. The topological polar surface area (TPSA) is 24.5 Å². The van der Waals surface area contributed by atoms with Crippen LogP contribution in [0, 0.1) is 5.92 Å². The van der Waals surface area contributed by atoms with Crippen molar-refractivity contribution in [3.63, 3.8) is 0 Å². The van der Waals surface area contributed by atoms with Gasteiger partial charge in [0.05, 0.1) is 6.61 Å². The van der Waals surface area contributed by atoms with E-state index in [0.29, 0.717) is 6.04 Å². The van der Waals surface area contributed by atoms with E-state index < -0.39 is 0 Å². The highest BCUT2D eigenvalue weighted by molar-refractivity contribution is 4.75. The Kier molecular flexibility index (Phi) is 4.70. The van der Waals surface area contributed by atoms with Gasteiger partial charge in [-0.2, -0.15) is 0 Å². The van der Waals surface area contributed by atoms with Crippen LogP contribution in [0.4, 0.5) is 0 Å². The smallest absolute Gasteiger partial charge is 0.0615 e. The number of hydrogen-bond acceptors (Lipinski definition) is 3. The quantitative estimate of drug-likeness (QED) is 0.697. The molecule has 1 heterocycles. The fourth-order valence-electron chi connectivity index (χ4n) is 1.87. The molecule has 1 saturated heterocycles. The molecule has 13 heavy (non-hydrogen) atoms. The molecule has 1 aliphatic heterocycles. The maximum atomic E-state index is 5.17. The zero-order valence-electron chi connectivity index (χ0n) is 9.05. The lowest BCUT2D eigenvalue weighted by molar-refractivity contribution is 0.0971. The van der Waals surface area contributed by atoms with Gasteiger partial charge in [0.15, 0.2) is 0 Å². The van der Waals surface area contributed by atoms with Crippen molar-refractivity contribution in [2.24, 2.45) is 5.92 Å². The molecule has 2 unspecified atom stereocenters. The number of hydrogen-bond donors (Lipinski definition) is 1. The van der Waals surface area contributed by atoms with Crippen molar-refractivity contribution in [1.29, 1.82) is 0 Å². The normalized spacial score (nSPS) is 28.4. The molecular formula is C10H22N2O. The molecule has 0 amide bonds. The molecule has 0 aliphatic carbocycles.